The third-order valence-electron chi connectivity index (χ3n) is 2.87. The second-order valence-corrected chi connectivity index (χ2v) is 6.76. The molecular weight excluding hydrogens is 216 g/mol. The molecule has 0 spiro atoms. The highest BCUT2D eigenvalue weighted by atomic mass is 16.6. The lowest BCUT2D eigenvalue weighted by atomic mass is 9.85. The van der Waals surface area contributed by atoms with Crippen molar-refractivity contribution in [3.05, 3.63) is 0 Å². The maximum Gasteiger partial charge on any atom is 0.410 e. The zero-order valence-corrected chi connectivity index (χ0v) is 12.0. The summed E-state index contributed by atoms with van der Waals surface area (Å²) in [5.41, 5.74) is -0.366. The molecule has 1 saturated heterocycles. The molecule has 1 heterocycles. The van der Waals surface area contributed by atoms with Crippen molar-refractivity contribution in [2.75, 3.05) is 19.6 Å². The Hall–Kier alpha value is -0.770. The Kier molecular flexibility index (Phi) is 4.07. The van der Waals surface area contributed by atoms with E-state index in [2.05, 4.69) is 26.1 Å². The highest BCUT2D eigenvalue weighted by molar-refractivity contribution is 5.69. The predicted octanol–water partition coefficient (Wildman–Crippen LogP) is 2.24. The number of piperazine rings is 1. The SMILES string of the molecule is CC(C)(C)OC(=O)N1CCNC[C@@H]1C(C)(C)C. The van der Waals surface area contributed by atoms with E-state index in [0.29, 0.717) is 0 Å². The van der Waals surface area contributed by atoms with E-state index < -0.39 is 5.60 Å². The molecule has 1 amide bonds. The predicted molar refractivity (Wildman–Crippen MR) is 69.1 cm³/mol. The molecule has 0 aliphatic carbocycles. The van der Waals surface area contributed by atoms with Crippen LogP contribution in [0.2, 0.25) is 0 Å². The zero-order chi connectivity index (χ0) is 13.3. The van der Waals surface area contributed by atoms with Crippen molar-refractivity contribution in [1.29, 1.82) is 0 Å². The van der Waals surface area contributed by atoms with E-state index >= 15 is 0 Å². The van der Waals surface area contributed by atoms with Gasteiger partial charge in [0.05, 0.1) is 6.04 Å². The maximum absolute atomic E-state index is 12.1. The van der Waals surface area contributed by atoms with Gasteiger partial charge in [0.25, 0.3) is 0 Å². The fraction of sp³-hybridized carbons (Fsp3) is 0.923. The lowest BCUT2D eigenvalue weighted by Crippen LogP contribution is -2.59. The van der Waals surface area contributed by atoms with Gasteiger partial charge in [0, 0.05) is 19.6 Å². The van der Waals surface area contributed by atoms with Crippen LogP contribution in [-0.4, -0.2) is 42.3 Å². The van der Waals surface area contributed by atoms with Crippen LogP contribution in [0.15, 0.2) is 0 Å². The quantitative estimate of drug-likeness (QED) is 0.708. The number of nitrogens with zero attached hydrogens (tertiary/aromatic N) is 1. The average Bonchev–Trinajstić information content (AvgIpc) is 2.13. The fourth-order valence-electron chi connectivity index (χ4n) is 2.02. The van der Waals surface area contributed by atoms with Crippen molar-refractivity contribution in [2.45, 2.75) is 53.2 Å². The van der Waals surface area contributed by atoms with Crippen LogP contribution >= 0.6 is 0 Å². The van der Waals surface area contributed by atoms with Gasteiger partial charge in [0.2, 0.25) is 0 Å². The largest absolute Gasteiger partial charge is 0.444 e. The number of nitrogens with one attached hydrogen (secondary N) is 1. The number of carbonyl (C=O) groups is 1. The first-order chi connectivity index (χ1) is 7.61. The van der Waals surface area contributed by atoms with Gasteiger partial charge in [0.1, 0.15) is 5.60 Å². The Bertz CT molecular complexity index is 276. The van der Waals surface area contributed by atoms with Gasteiger partial charge < -0.3 is 15.0 Å². The van der Waals surface area contributed by atoms with E-state index in [1.165, 1.54) is 0 Å². The summed E-state index contributed by atoms with van der Waals surface area (Å²) in [5, 5.41) is 3.34. The van der Waals surface area contributed by atoms with E-state index in [0.717, 1.165) is 19.6 Å². The molecule has 4 heteroatoms. The highest BCUT2D eigenvalue weighted by Crippen LogP contribution is 2.26. The van der Waals surface area contributed by atoms with Crippen molar-refractivity contribution in [3.63, 3.8) is 0 Å². The van der Waals surface area contributed by atoms with Gasteiger partial charge in [-0.25, -0.2) is 4.79 Å². The van der Waals surface area contributed by atoms with Gasteiger partial charge in [-0.1, -0.05) is 20.8 Å². The topological polar surface area (TPSA) is 41.6 Å². The molecule has 0 aromatic heterocycles. The van der Waals surface area contributed by atoms with Crippen LogP contribution in [0.25, 0.3) is 0 Å². The first-order valence-corrected chi connectivity index (χ1v) is 6.31. The van der Waals surface area contributed by atoms with Gasteiger partial charge in [-0.3, -0.25) is 0 Å². The van der Waals surface area contributed by atoms with Crippen molar-refractivity contribution < 1.29 is 9.53 Å². The summed E-state index contributed by atoms with van der Waals surface area (Å²) in [5.74, 6) is 0. The minimum absolute atomic E-state index is 0.0598. The third kappa shape index (κ3) is 4.19. The highest BCUT2D eigenvalue weighted by Gasteiger charge is 2.37. The second-order valence-electron chi connectivity index (χ2n) is 6.76. The Labute approximate surface area is 105 Å². The Morgan fingerprint density at radius 2 is 1.82 bits per heavy atom. The maximum atomic E-state index is 12.1. The second kappa shape index (κ2) is 4.84. The van der Waals surface area contributed by atoms with Gasteiger partial charge >= 0.3 is 6.09 Å². The molecule has 0 aromatic rings. The number of hydrogen-bond acceptors (Lipinski definition) is 3. The number of carbonyl (C=O) groups excluding carboxylic acids is 1. The molecule has 0 bridgehead atoms. The molecule has 0 unspecified atom stereocenters. The molecule has 1 fully saturated rings. The normalized spacial score (nSPS) is 22.5. The van der Waals surface area contributed by atoms with E-state index in [9.17, 15) is 4.79 Å². The lowest BCUT2D eigenvalue weighted by molar-refractivity contribution is -0.00361. The smallest absolute Gasteiger partial charge is 0.410 e. The van der Waals surface area contributed by atoms with E-state index in [1.807, 2.05) is 25.7 Å². The molecule has 4 nitrogen and oxygen atoms in total. The number of amides is 1. The molecule has 17 heavy (non-hydrogen) atoms. The summed E-state index contributed by atoms with van der Waals surface area (Å²) in [6.07, 6.45) is -0.195. The molecule has 100 valence electrons. The van der Waals surface area contributed by atoms with Gasteiger partial charge in [-0.2, -0.15) is 0 Å². The molecule has 1 aliphatic rings. The van der Waals surface area contributed by atoms with Crippen LogP contribution < -0.4 is 5.32 Å². The summed E-state index contributed by atoms with van der Waals surface area (Å²) >= 11 is 0. The van der Waals surface area contributed by atoms with E-state index in [-0.39, 0.29) is 17.6 Å². The summed E-state index contributed by atoms with van der Waals surface area (Å²) in [4.78, 5) is 14.0. The first-order valence-electron chi connectivity index (χ1n) is 6.31. The fourth-order valence-corrected chi connectivity index (χ4v) is 2.02. The zero-order valence-electron chi connectivity index (χ0n) is 12.0. The summed E-state index contributed by atoms with van der Waals surface area (Å²) in [6, 6.07) is 0.186. The molecule has 1 atom stereocenters. The van der Waals surface area contributed by atoms with Crippen LogP contribution in [0.3, 0.4) is 0 Å². The number of rotatable bonds is 0. The molecular formula is C13H26N2O2. The van der Waals surface area contributed by atoms with Crippen LogP contribution in [0.1, 0.15) is 41.5 Å². The lowest BCUT2D eigenvalue weighted by Gasteiger charge is -2.43. The summed E-state index contributed by atoms with van der Waals surface area (Å²) in [7, 11) is 0. The van der Waals surface area contributed by atoms with Crippen LogP contribution in [0.5, 0.6) is 0 Å². The van der Waals surface area contributed by atoms with E-state index in [4.69, 9.17) is 4.74 Å². The minimum Gasteiger partial charge on any atom is -0.444 e. The first kappa shape index (κ1) is 14.3. The number of hydrogen-bond donors (Lipinski definition) is 1. The molecule has 1 rings (SSSR count). The van der Waals surface area contributed by atoms with Crippen molar-refractivity contribution in [3.8, 4) is 0 Å². The molecule has 0 aromatic carbocycles. The van der Waals surface area contributed by atoms with Crippen LogP contribution in [-0.2, 0) is 4.74 Å². The molecule has 0 saturated carbocycles. The van der Waals surface area contributed by atoms with Gasteiger partial charge in [0.15, 0.2) is 0 Å². The summed E-state index contributed by atoms with van der Waals surface area (Å²) in [6.45, 7) is 14.6. The summed E-state index contributed by atoms with van der Waals surface area (Å²) < 4.78 is 5.46. The Balaban J connectivity index is 2.75. The van der Waals surface area contributed by atoms with Crippen LogP contribution in [0, 0.1) is 5.41 Å². The molecule has 0 radical (unpaired) electrons. The Morgan fingerprint density at radius 1 is 1.24 bits per heavy atom. The van der Waals surface area contributed by atoms with Gasteiger partial charge in [-0.15, -0.1) is 0 Å². The van der Waals surface area contributed by atoms with E-state index in [1.54, 1.807) is 0 Å². The van der Waals surface area contributed by atoms with Crippen molar-refractivity contribution in [2.24, 2.45) is 5.41 Å². The monoisotopic (exact) mass is 242 g/mol. The average molecular weight is 242 g/mol. The number of ether oxygens (including phenoxy) is 1. The van der Waals surface area contributed by atoms with Gasteiger partial charge in [-0.05, 0) is 26.2 Å². The molecule has 1 N–H and O–H groups in total. The minimum atomic E-state index is -0.426. The van der Waals surface area contributed by atoms with Crippen LogP contribution in [0.4, 0.5) is 4.79 Å². The Morgan fingerprint density at radius 3 is 2.29 bits per heavy atom. The third-order valence-corrected chi connectivity index (χ3v) is 2.87. The molecule has 1 aliphatic heterocycles. The van der Waals surface area contributed by atoms with Crippen molar-refractivity contribution >= 4 is 6.09 Å². The van der Waals surface area contributed by atoms with Crippen molar-refractivity contribution in [1.82, 2.24) is 10.2 Å². The standard InChI is InChI=1S/C13H26N2O2/c1-12(2,3)10-9-14-7-8-15(10)11(16)17-13(4,5)6/h10,14H,7-9H2,1-6H3/t10-/m1/s1.